The standard InChI is InChI=1S/C32H34N4O5S/c1-19(2)15-26-24-13-5-6-14-25(24)28(18-33-26)41-29-17-27(30-20(3)9-7-10-21(30)4)34-32(35-29)36-42(39,40)23-12-8-11-22(16-23)31(37)38/h5-14,16-17,19,26,28,33H,15,18H2,1-4H3,(H,37,38)(H,34,35,36). The lowest BCUT2D eigenvalue weighted by Crippen LogP contribution is -2.36. The molecule has 1 aromatic heterocycles. The Morgan fingerprint density at radius 1 is 1.00 bits per heavy atom. The number of carboxylic acid groups (broad SMARTS) is 1. The van der Waals surface area contributed by atoms with E-state index in [-0.39, 0.29) is 34.4 Å². The first-order valence-electron chi connectivity index (χ1n) is 13.8. The van der Waals surface area contributed by atoms with Crippen molar-refractivity contribution in [3.63, 3.8) is 0 Å². The van der Waals surface area contributed by atoms with Crippen LogP contribution in [0.3, 0.4) is 0 Å². The SMILES string of the molecule is Cc1cccc(C)c1-c1cc(OC2CNC(CC(C)C)c3ccccc32)nc(NS(=O)(=O)c2cccc(C(=O)O)c2)n1. The molecule has 218 valence electrons. The third kappa shape index (κ3) is 6.29. The van der Waals surface area contributed by atoms with E-state index in [1.54, 1.807) is 6.07 Å². The van der Waals surface area contributed by atoms with E-state index in [1.807, 2.05) is 44.2 Å². The Morgan fingerprint density at radius 2 is 1.69 bits per heavy atom. The number of nitrogens with zero attached hydrogens (tertiary/aromatic N) is 2. The fraction of sp³-hybridized carbons (Fsp3) is 0.281. The van der Waals surface area contributed by atoms with Crippen molar-refractivity contribution in [1.82, 2.24) is 15.3 Å². The maximum atomic E-state index is 13.3. The van der Waals surface area contributed by atoms with E-state index in [0.29, 0.717) is 18.2 Å². The van der Waals surface area contributed by atoms with Gasteiger partial charge in [-0.05, 0) is 66.6 Å². The van der Waals surface area contributed by atoms with Crippen molar-refractivity contribution >= 4 is 21.9 Å². The summed E-state index contributed by atoms with van der Waals surface area (Å²) in [6.07, 6.45) is 0.630. The van der Waals surface area contributed by atoms with E-state index in [2.05, 4.69) is 46.0 Å². The summed E-state index contributed by atoms with van der Waals surface area (Å²) in [5.41, 5.74) is 5.35. The van der Waals surface area contributed by atoms with Gasteiger partial charge < -0.3 is 15.2 Å². The second kappa shape index (κ2) is 11.9. The number of aromatic carboxylic acids is 1. The number of aryl methyl sites for hydroxylation is 2. The lowest BCUT2D eigenvalue weighted by molar-refractivity contribution is 0.0696. The molecular weight excluding hydrogens is 552 g/mol. The van der Waals surface area contributed by atoms with E-state index in [1.165, 1.54) is 23.8 Å². The maximum absolute atomic E-state index is 13.3. The van der Waals surface area contributed by atoms with Crippen LogP contribution in [0.2, 0.25) is 0 Å². The first-order valence-corrected chi connectivity index (χ1v) is 15.3. The third-order valence-electron chi connectivity index (χ3n) is 7.29. The number of anilines is 1. The molecule has 0 amide bonds. The molecule has 0 radical (unpaired) electrons. The van der Waals surface area contributed by atoms with Crippen LogP contribution in [0.25, 0.3) is 11.3 Å². The third-order valence-corrected chi connectivity index (χ3v) is 8.62. The van der Waals surface area contributed by atoms with Gasteiger partial charge in [0.05, 0.1) is 16.2 Å². The average molecular weight is 587 g/mol. The molecule has 2 heterocycles. The summed E-state index contributed by atoms with van der Waals surface area (Å²) in [5.74, 6) is -0.682. The average Bonchev–Trinajstić information content (AvgIpc) is 2.94. The van der Waals surface area contributed by atoms with Crippen molar-refractivity contribution in [3.05, 3.63) is 101 Å². The van der Waals surface area contributed by atoms with Crippen molar-refractivity contribution in [2.75, 3.05) is 11.3 Å². The Balaban J connectivity index is 1.55. The van der Waals surface area contributed by atoms with Gasteiger partial charge >= 0.3 is 5.97 Å². The second-order valence-corrected chi connectivity index (χ2v) is 12.6. The molecule has 0 spiro atoms. The predicted molar refractivity (Wildman–Crippen MR) is 161 cm³/mol. The highest BCUT2D eigenvalue weighted by Crippen LogP contribution is 2.36. The minimum atomic E-state index is -4.21. The molecule has 5 rings (SSSR count). The van der Waals surface area contributed by atoms with Crippen molar-refractivity contribution in [2.45, 2.75) is 51.2 Å². The number of rotatable bonds is 9. The molecule has 0 fully saturated rings. The molecular formula is C32H34N4O5S. The minimum absolute atomic E-state index is 0.147. The van der Waals surface area contributed by atoms with Gasteiger partial charge in [-0.1, -0.05) is 62.4 Å². The summed E-state index contributed by atoms with van der Waals surface area (Å²) in [5, 5.41) is 12.9. The normalized spacial score (nSPS) is 16.6. The van der Waals surface area contributed by atoms with Gasteiger partial charge in [0.25, 0.3) is 10.0 Å². The number of benzene rings is 3. The molecule has 9 nitrogen and oxygen atoms in total. The van der Waals surface area contributed by atoms with Crippen molar-refractivity contribution in [2.24, 2.45) is 5.92 Å². The van der Waals surface area contributed by atoms with Gasteiger partial charge in [-0.3, -0.25) is 0 Å². The summed E-state index contributed by atoms with van der Waals surface area (Å²) < 4.78 is 35.5. The largest absolute Gasteiger partial charge is 0.478 e. The number of hydrogen-bond donors (Lipinski definition) is 3. The molecule has 1 aliphatic rings. The zero-order valence-electron chi connectivity index (χ0n) is 24.0. The molecule has 2 unspecified atom stereocenters. The molecule has 2 atom stereocenters. The van der Waals surface area contributed by atoms with Gasteiger partial charge in [0.2, 0.25) is 11.8 Å². The second-order valence-electron chi connectivity index (χ2n) is 10.9. The van der Waals surface area contributed by atoms with E-state index in [4.69, 9.17) is 4.74 Å². The van der Waals surface area contributed by atoms with Crippen molar-refractivity contribution < 1.29 is 23.1 Å². The molecule has 3 N–H and O–H groups in total. The van der Waals surface area contributed by atoms with Gasteiger partial charge in [-0.25, -0.2) is 22.9 Å². The number of sulfonamides is 1. The number of carboxylic acids is 1. The minimum Gasteiger partial charge on any atom is -0.478 e. The van der Waals surface area contributed by atoms with Crippen LogP contribution in [0, 0.1) is 19.8 Å². The Kier molecular flexibility index (Phi) is 8.29. The highest BCUT2D eigenvalue weighted by Gasteiger charge is 2.29. The Labute approximate surface area is 246 Å². The number of nitrogens with one attached hydrogen (secondary N) is 2. The van der Waals surface area contributed by atoms with Gasteiger partial charge in [0, 0.05) is 24.2 Å². The number of ether oxygens (including phenoxy) is 1. The summed E-state index contributed by atoms with van der Waals surface area (Å²) in [4.78, 5) is 20.2. The van der Waals surface area contributed by atoms with Crippen LogP contribution in [0.5, 0.6) is 5.88 Å². The Morgan fingerprint density at radius 3 is 2.38 bits per heavy atom. The first-order chi connectivity index (χ1) is 20.0. The zero-order chi connectivity index (χ0) is 30.0. The summed E-state index contributed by atoms with van der Waals surface area (Å²) in [6.45, 7) is 8.87. The lowest BCUT2D eigenvalue weighted by Gasteiger charge is -2.33. The first kappa shape index (κ1) is 29.2. The lowest BCUT2D eigenvalue weighted by atomic mass is 9.88. The van der Waals surface area contributed by atoms with Crippen LogP contribution in [-0.4, -0.2) is 36.0 Å². The van der Waals surface area contributed by atoms with Gasteiger partial charge in [0.1, 0.15) is 6.10 Å². The molecule has 3 aromatic carbocycles. The van der Waals surface area contributed by atoms with Crippen LogP contribution in [0.4, 0.5) is 5.95 Å². The molecule has 0 aliphatic carbocycles. The monoisotopic (exact) mass is 586 g/mol. The van der Waals surface area contributed by atoms with Gasteiger partial charge in [-0.2, -0.15) is 4.98 Å². The van der Waals surface area contributed by atoms with E-state index >= 15 is 0 Å². The number of fused-ring (bicyclic) bond motifs is 1. The Bertz CT molecular complexity index is 1720. The predicted octanol–water partition coefficient (Wildman–Crippen LogP) is 6.07. The quantitative estimate of drug-likeness (QED) is 0.215. The van der Waals surface area contributed by atoms with E-state index < -0.39 is 16.0 Å². The Hall–Kier alpha value is -4.28. The molecule has 0 saturated carbocycles. The van der Waals surface area contributed by atoms with Gasteiger partial charge in [-0.15, -0.1) is 0 Å². The van der Waals surface area contributed by atoms with Crippen LogP contribution < -0.4 is 14.8 Å². The van der Waals surface area contributed by atoms with Gasteiger partial charge in [0.15, 0.2) is 0 Å². The van der Waals surface area contributed by atoms with Crippen LogP contribution in [-0.2, 0) is 10.0 Å². The molecule has 1 aliphatic heterocycles. The van der Waals surface area contributed by atoms with Crippen molar-refractivity contribution in [1.29, 1.82) is 0 Å². The molecule has 0 bridgehead atoms. The fourth-order valence-electron chi connectivity index (χ4n) is 5.38. The number of hydrogen-bond acceptors (Lipinski definition) is 7. The highest BCUT2D eigenvalue weighted by molar-refractivity contribution is 7.92. The summed E-state index contributed by atoms with van der Waals surface area (Å²) in [6, 6.07) is 21.1. The molecule has 10 heteroatoms. The number of aromatic nitrogens is 2. The summed E-state index contributed by atoms with van der Waals surface area (Å²) in [7, 11) is -4.21. The molecule has 42 heavy (non-hydrogen) atoms. The highest BCUT2D eigenvalue weighted by atomic mass is 32.2. The summed E-state index contributed by atoms with van der Waals surface area (Å²) >= 11 is 0. The number of carbonyl (C=O) groups is 1. The van der Waals surface area contributed by atoms with E-state index in [9.17, 15) is 18.3 Å². The smallest absolute Gasteiger partial charge is 0.335 e. The van der Waals surface area contributed by atoms with Crippen LogP contribution in [0.15, 0.2) is 77.7 Å². The fourth-order valence-corrected chi connectivity index (χ4v) is 6.37. The van der Waals surface area contributed by atoms with Crippen LogP contribution in [0.1, 0.15) is 65.0 Å². The molecule has 4 aromatic rings. The molecule has 0 saturated heterocycles. The zero-order valence-corrected chi connectivity index (χ0v) is 24.8. The van der Waals surface area contributed by atoms with Crippen LogP contribution >= 0.6 is 0 Å². The topological polar surface area (TPSA) is 131 Å². The van der Waals surface area contributed by atoms with Crippen molar-refractivity contribution in [3.8, 4) is 17.1 Å². The van der Waals surface area contributed by atoms with E-state index in [0.717, 1.165) is 34.7 Å². The maximum Gasteiger partial charge on any atom is 0.335 e.